The van der Waals surface area contributed by atoms with Crippen molar-refractivity contribution in [2.45, 2.75) is 19.9 Å². The van der Waals surface area contributed by atoms with Crippen LogP contribution in [0.25, 0.3) is 0 Å². The summed E-state index contributed by atoms with van der Waals surface area (Å²) in [6.07, 6.45) is 4.85. The third kappa shape index (κ3) is 3.40. The zero-order chi connectivity index (χ0) is 13.0. The van der Waals surface area contributed by atoms with E-state index in [1.807, 2.05) is 31.6 Å². The Morgan fingerprint density at radius 2 is 2.17 bits per heavy atom. The summed E-state index contributed by atoms with van der Waals surface area (Å²) < 4.78 is 14.9. The van der Waals surface area contributed by atoms with E-state index in [2.05, 4.69) is 10.4 Å². The normalized spacial score (nSPS) is 10.8. The average Bonchev–Trinajstić information content (AvgIpc) is 2.75. The van der Waals surface area contributed by atoms with Crippen molar-refractivity contribution in [3.05, 3.63) is 53.1 Å². The zero-order valence-corrected chi connectivity index (χ0v) is 10.8. The fourth-order valence-electron chi connectivity index (χ4n) is 1.88. The molecule has 0 saturated carbocycles. The Morgan fingerprint density at radius 1 is 1.33 bits per heavy atom. The predicted octanol–water partition coefficient (Wildman–Crippen LogP) is 2.20. The summed E-state index contributed by atoms with van der Waals surface area (Å²) in [6, 6.07) is 5.22. The van der Waals surface area contributed by atoms with Crippen molar-refractivity contribution < 1.29 is 4.39 Å². The highest BCUT2D eigenvalue weighted by molar-refractivity contribution is 5.23. The smallest absolute Gasteiger partial charge is 0.126 e. The molecule has 3 nitrogen and oxygen atoms in total. The molecule has 0 amide bonds. The predicted molar refractivity (Wildman–Crippen MR) is 69.8 cm³/mol. The number of aryl methyl sites for hydroxylation is 2. The van der Waals surface area contributed by atoms with Gasteiger partial charge in [0.15, 0.2) is 0 Å². The van der Waals surface area contributed by atoms with E-state index in [4.69, 9.17) is 0 Å². The molecule has 2 aromatic rings. The van der Waals surface area contributed by atoms with Gasteiger partial charge >= 0.3 is 0 Å². The monoisotopic (exact) mass is 247 g/mol. The summed E-state index contributed by atoms with van der Waals surface area (Å²) in [7, 11) is 1.91. The Labute approximate surface area is 107 Å². The average molecular weight is 247 g/mol. The molecule has 4 heteroatoms. The molecule has 0 unspecified atom stereocenters. The van der Waals surface area contributed by atoms with E-state index in [1.165, 1.54) is 11.6 Å². The molecular formula is C14H18FN3. The summed E-state index contributed by atoms with van der Waals surface area (Å²) in [6.45, 7) is 3.44. The molecule has 0 bridgehead atoms. The highest BCUT2D eigenvalue weighted by Crippen LogP contribution is 2.08. The molecule has 2 rings (SSSR count). The maximum Gasteiger partial charge on any atom is 0.126 e. The molecule has 0 aliphatic carbocycles. The molecule has 18 heavy (non-hydrogen) atoms. The van der Waals surface area contributed by atoms with Gasteiger partial charge in [-0.25, -0.2) is 4.39 Å². The Kier molecular flexibility index (Phi) is 4.10. The third-order valence-corrected chi connectivity index (χ3v) is 2.90. The van der Waals surface area contributed by atoms with Gasteiger partial charge in [-0.3, -0.25) is 4.68 Å². The molecule has 96 valence electrons. The SMILES string of the molecule is Cc1cc(CNCCc2cnn(C)c2)ccc1F. The molecule has 0 aliphatic heterocycles. The van der Waals surface area contributed by atoms with Gasteiger partial charge < -0.3 is 5.32 Å². The fourth-order valence-corrected chi connectivity index (χ4v) is 1.88. The number of nitrogens with one attached hydrogen (secondary N) is 1. The van der Waals surface area contributed by atoms with Crippen molar-refractivity contribution in [3.8, 4) is 0 Å². The fraction of sp³-hybridized carbons (Fsp3) is 0.357. The van der Waals surface area contributed by atoms with E-state index in [1.54, 1.807) is 11.6 Å². The molecule has 0 radical (unpaired) electrons. The number of rotatable bonds is 5. The van der Waals surface area contributed by atoms with E-state index in [0.29, 0.717) is 5.56 Å². The summed E-state index contributed by atoms with van der Waals surface area (Å²) in [5.74, 6) is -0.144. The Balaban J connectivity index is 1.76. The van der Waals surface area contributed by atoms with E-state index in [9.17, 15) is 4.39 Å². The number of nitrogens with zero attached hydrogens (tertiary/aromatic N) is 2. The van der Waals surface area contributed by atoms with Crippen LogP contribution >= 0.6 is 0 Å². The van der Waals surface area contributed by atoms with E-state index >= 15 is 0 Å². The first-order chi connectivity index (χ1) is 8.65. The van der Waals surface area contributed by atoms with Crippen LogP contribution in [0, 0.1) is 12.7 Å². The number of hydrogen-bond donors (Lipinski definition) is 1. The number of halogens is 1. The van der Waals surface area contributed by atoms with E-state index in [0.717, 1.165) is 25.1 Å². The van der Waals surface area contributed by atoms with Crippen LogP contribution in [0.5, 0.6) is 0 Å². The van der Waals surface area contributed by atoms with Crippen LogP contribution < -0.4 is 5.32 Å². The van der Waals surface area contributed by atoms with Gasteiger partial charge in [-0.05, 0) is 42.6 Å². The highest BCUT2D eigenvalue weighted by Gasteiger charge is 1.99. The van der Waals surface area contributed by atoms with Gasteiger partial charge in [0.05, 0.1) is 6.20 Å². The van der Waals surface area contributed by atoms with Crippen LogP contribution in [0.3, 0.4) is 0 Å². The van der Waals surface area contributed by atoms with Crippen LogP contribution in [-0.2, 0) is 20.0 Å². The highest BCUT2D eigenvalue weighted by atomic mass is 19.1. The quantitative estimate of drug-likeness (QED) is 0.821. The molecule has 0 fully saturated rings. The van der Waals surface area contributed by atoms with Crippen LogP contribution in [0.1, 0.15) is 16.7 Å². The second-order valence-electron chi connectivity index (χ2n) is 4.53. The first-order valence-electron chi connectivity index (χ1n) is 6.08. The van der Waals surface area contributed by atoms with Crippen molar-refractivity contribution >= 4 is 0 Å². The number of hydrogen-bond acceptors (Lipinski definition) is 2. The van der Waals surface area contributed by atoms with Crippen molar-refractivity contribution in [2.75, 3.05) is 6.54 Å². The first-order valence-corrected chi connectivity index (χ1v) is 6.08. The van der Waals surface area contributed by atoms with Gasteiger partial charge in [0.25, 0.3) is 0 Å². The Morgan fingerprint density at radius 3 is 2.83 bits per heavy atom. The van der Waals surface area contributed by atoms with Crippen LogP contribution in [-0.4, -0.2) is 16.3 Å². The lowest BCUT2D eigenvalue weighted by Crippen LogP contribution is -2.16. The van der Waals surface area contributed by atoms with Gasteiger partial charge in [-0.15, -0.1) is 0 Å². The minimum Gasteiger partial charge on any atom is -0.312 e. The standard InChI is InChI=1S/C14H18FN3/c1-11-7-12(3-4-14(11)15)8-16-6-5-13-9-17-18(2)10-13/h3-4,7,9-10,16H,5-6,8H2,1-2H3. The molecule has 1 aromatic heterocycles. The molecule has 1 heterocycles. The van der Waals surface area contributed by atoms with Crippen molar-refractivity contribution in [3.63, 3.8) is 0 Å². The lowest BCUT2D eigenvalue weighted by Gasteiger charge is -2.05. The van der Waals surface area contributed by atoms with Crippen LogP contribution in [0.2, 0.25) is 0 Å². The minimum absolute atomic E-state index is 0.144. The van der Waals surface area contributed by atoms with E-state index < -0.39 is 0 Å². The van der Waals surface area contributed by atoms with Gasteiger partial charge in [-0.1, -0.05) is 12.1 Å². The van der Waals surface area contributed by atoms with Gasteiger partial charge in [-0.2, -0.15) is 5.10 Å². The van der Waals surface area contributed by atoms with Crippen LogP contribution in [0.4, 0.5) is 4.39 Å². The lowest BCUT2D eigenvalue weighted by molar-refractivity contribution is 0.615. The van der Waals surface area contributed by atoms with Crippen molar-refractivity contribution in [2.24, 2.45) is 7.05 Å². The molecule has 1 aromatic carbocycles. The van der Waals surface area contributed by atoms with Crippen LogP contribution in [0.15, 0.2) is 30.6 Å². The second-order valence-corrected chi connectivity index (χ2v) is 4.53. The minimum atomic E-state index is -0.144. The zero-order valence-electron chi connectivity index (χ0n) is 10.8. The number of aromatic nitrogens is 2. The molecule has 1 N–H and O–H groups in total. The lowest BCUT2D eigenvalue weighted by atomic mass is 10.1. The van der Waals surface area contributed by atoms with Crippen molar-refractivity contribution in [1.82, 2.24) is 15.1 Å². The third-order valence-electron chi connectivity index (χ3n) is 2.90. The maximum atomic E-state index is 13.1. The van der Waals surface area contributed by atoms with Gasteiger partial charge in [0, 0.05) is 19.8 Å². The summed E-state index contributed by atoms with van der Waals surface area (Å²) in [5.41, 5.74) is 3.03. The van der Waals surface area contributed by atoms with Crippen molar-refractivity contribution in [1.29, 1.82) is 0 Å². The van der Waals surface area contributed by atoms with Gasteiger partial charge in [0.1, 0.15) is 5.82 Å². The molecule has 0 spiro atoms. The summed E-state index contributed by atoms with van der Waals surface area (Å²) >= 11 is 0. The molecule has 0 aliphatic rings. The Hall–Kier alpha value is -1.68. The second kappa shape index (κ2) is 5.78. The van der Waals surface area contributed by atoms with E-state index in [-0.39, 0.29) is 5.82 Å². The number of benzene rings is 1. The molecule has 0 atom stereocenters. The topological polar surface area (TPSA) is 29.9 Å². The van der Waals surface area contributed by atoms with Gasteiger partial charge in [0.2, 0.25) is 0 Å². The summed E-state index contributed by atoms with van der Waals surface area (Å²) in [5, 5.41) is 7.47. The largest absolute Gasteiger partial charge is 0.312 e. The summed E-state index contributed by atoms with van der Waals surface area (Å²) in [4.78, 5) is 0. The first kappa shape index (κ1) is 12.8. The molecular weight excluding hydrogens is 229 g/mol. The maximum absolute atomic E-state index is 13.1. The Bertz CT molecular complexity index is 520. The molecule has 0 saturated heterocycles.